The van der Waals surface area contributed by atoms with Crippen molar-refractivity contribution in [3.05, 3.63) is 222 Å². The highest BCUT2D eigenvalue weighted by Gasteiger charge is 2.47. The summed E-state index contributed by atoms with van der Waals surface area (Å²) in [5.74, 6) is 3.08. The zero-order chi connectivity index (χ0) is 38.7. The molecule has 0 atom stereocenters. The van der Waals surface area contributed by atoms with E-state index in [9.17, 15) is 0 Å². The van der Waals surface area contributed by atoms with Gasteiger partial charge in [0.25, 0.3) is 0 Å². The van der Waals surface area contributed by atoms with Gasteiger partial charge in [0.2, 0.25) is 0 Å². The van der Waals surface area contributed by atoms with Crippen LogP contribution in [0.25, 0.3) is 55.3 Å². The number of furan rings is 1. The fourth-order valence-corrected chi connectivity index (χ4v) is 10.1. The molecule has 0 amide bonds. The highest BCUT2D eigenvalue weighted by atomic mass is 16.5. The molecule has 0 saturated carbocycles. The minimum atomic E-state index is -0.475. The largest absolute Gasteiger partial charge is 0.456 e. The first kappa shape index (κ1) is 32.3. The normalized spacial score (nSPS) is 13.8. The van der Waals surface area contributed by atoms with Gasteiger partial charge in [-0.3, -0.25) is 4.90 Å². The minimum Gasteiger partial charge on any atom is -0.456 e. The second-order valence-electron chi connectivity index (χ2n) is 15.5. The van der Waals surface area contributed by atoms with E-state index in [4.69, 9.17) is 13.9 Å². The van der Waals surface area contributed by atoms with Crippen LogP contribution in [0.3, 0.4) is 0 Å². The Balaban J connectivity index is 0.971. The average molecular weight is 756 g/mol. The van der Waals surface area contributed by atoms with Crippen LogP contribution in [0.4, 0.5) is 17.1 Å². The lowest BCUT2D eigenvalue weighted by atomic mass is 9.67. The summed E-state index contributed by atoms with van der Waals surface area (Å²) in [7, 11) is 0. The van der Waals surface area contributed by atoms with Crippen molar-refractivity contribution < 1.29 is 13.9 Å². The second-order valence-corrected chi connectivity index (χ2v) is 15.5. The third-order valence-electron chi connectivity index (χ3n) is 12.5. The van der Waals surface area contributed by atoms with Crippen LogP contribution in [0.5, 0.6) is 23.0 Å². The van der Waals surface area contributed by atoms with Crippen LogP contribution in [0.2, 0.25) is 0 Å². The van der Waals surface area contributed by atoms with Crippen molar-refractivity contribution in [2.24, 2.45) is 0 Å². The lowest BCUT2D eigenvalue weighted by Crippen LogP contribution is -2.28. The van der Waals surface area contributed by atoms with E-state index in [-0.39, 0.29) is 0 Å². The summed E-state index contributed by atoms with van der Waals surface area (Å²) in [4.78, 5) is 2.30. The monoisotopic (exact) mass is 755 g/mol. The van der Waals surface area contributed by atoms with Crippen LogP contribution in [-0.2, 0) is 5.41 Å². The van der Waals surface area contributed by atoms with Crippen LogP contribution in [0, 0.1) is 0 Å². The van der Waals surface area contributed by atoms with Gasteiger partial charge < -0.3 is 13.9 Å². The third kappa shape index (κ3) is 4.43. The predicted molar refractivity (Wildman–Crippen MR) is 237 cm³/mol. The average Bonchev–Trinajstić information content (AvgIpc) is 3.83. The number of hydrogen-bond acceptors (Lipinski definition) is 4. The third-order valence-corrected chi connectivity index (χ3v) is 12.5. The van der Waals surface area contributed by atoms with E-state index in [0.717, 1.165) is 78.7 Å². The number of nitrogens with zero attached hydrogens (tertiary/aromatic N) is 1. The van der Waals surface area contributed by atoms with Gasteiger partial charge >= 0.3 is 0 Å². The van der Waals surface area contributed by atoms with E-state index < -0.39 is 5.41 Å². The molecule has 4 nitrogen and oxygen atoms in total. The number of anilines is 3. The molecule has 0 radical (unpaired) electrons. The molecule has 10 aromatic rings. The fraction of sp³-hybridized carbons (Fsp3) is 0.0182. The van der Waals surface area contributed by atoms with Crippen molar-refractivity contribution >= 4 is 39.0 Å². The highest BCUT2D eigenvalue weighted by Crippen LogP contribution is 2.62. The molecular weight excluding hydrogens is 723 g/mol. The molecule has 0 bridgehead atoms. The molecule has 0 unspecified atom stereocenters. The number of benzene rings is 9. The van der Waals surface area contributed by atoms with Crippen LogP contribution in [0.15, 0.2) is 205 Å². The smallest absolute Gasteiger partial charge is 0.155 e. The molecule has 0 N–H and O–H groups in total. The van der Waals surface area contributed by atoms with Gasteiger partial charge in [-0.15, -0.1) is 0 Å². The van der Waals surface area contributed by atoms with Crippen LogP contribution >= 0.6 is 0 Å². The second kappa shape index (κ2) is 12.1. The lowest BCUT2D eigenvalue weighted by Gasteiger charge is -2.38. The maximum atomic E-state index is 6.81. The first-order valence-electron chi connectivity index (χ1n) is 20.1. The number of fused-ring (bicyclic) bond motifs is 10. The molecule has 2 aliphatic heterocycles. The van der Waals surface area contributed by atoms with Crippen molar-refractivity contribution in [1.82, 2.24) is 0 Å². The molecule has 4 heteroatoms. The molecule has 13 rings (SSSR count). The molecular formula is C55H33NO3. The summed E-state index contributed by atoms with van der Waals surface area (Å²) >= 11 is 0. The van der Waals surface area contributed by atoms with E-state index >= 15 is 0 Å². The maximum absolute atomic E-state index is 6.81. The van der Waals surface area contributed by atoms with Gasteiger partial charge in [0.05, 0.1) is 16.8 Å². The number of ether oxygens (including phenoxy) is 2. The molecule has 1 aliphatic carbocycles. The molecule has 3 aliphatic rings. The van der Waals surface area contributed by atoms with Crippen molar-refractivity contribution in [3.63, 3.8) is 0 Å². The molecule has 0 fully saturated rings. The number of rotatable bonds is 4. The summed E-state index contributed by atoms with van der Waals surface area (Å²) in [6.45, 7) is 0. The van der Waals surface area contributed by atoms with Crippen molar-refractivity contribution in [1.29, 1.82) is 0 Å². The first-order valence-corrected chi connectivity index (χ1v) is 20.1. The Kier molecular flexibility index (Phi) is 6.62. The van der Waals surface area contributed by atoms with E-state index in [2.05, 4.69) is 169 Å². The summed E-state index contributed by atoms with van der Waals surface area (Å²) in [6.07, 6.45) is 0. The van der Waals surface area contributed by atoms with E-state index in [1.165, 1.54) is 38.9 Å². The van der Waals surface area contributed by atoms with Gasteiger partial charge in [-0.1, -0.05) is 152 Å². The van der Waals surface area contributed by atoms with E-state index in [1.807, 2.05) is 36.4 Å². The molecule has 9 aromatic carbocycles. The lowest BCUT2D eigenvalue weighted by molar-refractivity contribution is 0.446. The fourth-order valence-electron chi connectivity index (χ4n) is 10.1. The minimum absolute atomic E-state index is 0.475. The summed E-state index contributed by atoms with van der Waals surface area (Å²) in [6, 6.07) is 71.3. The van der Waals surface area contributed by atoms with Gasteiger partial charge in [-0.05, 0) is 104 Å². The Morgan fingerprint density at radius 3 is 1.66 bits per heavy atom. The first-order chi connectivity index (χ1) is 29.3. The van der Waals surface area contributed by atoms with Gasteiger partial charge in [0.15, 0.2) is 23.0 Å². The van der Waals surface area contributed by atoms with Crippen LogP contribution in [0.1, 0.15) is 22.3 Å². The molecule has 0 saturated heterocycles. The van der Waals surface area contributed by atoms with Gasteiger partial charge in [0, 0.05) is 10.8 Å². The van der Waals surface area contributed by atoms with Gasteiger partial charge in [0.1, 0.15) is 16.9 Å². The molecule has 3 heterocycles. The quantitative estimate of drug-likeness (QED) is 0.179. The van der Waals surface area contributed by atoms with Gasteiger partial charge in [-0.25, -0.2) is 0 Å². The van der Waals surface area contributed by atoms with Gasteiger partial charge in [-0.2, -0.15) is 0 Å². The van der Waals surface area contributed by atoms with Crippen LogP contribution < -0.4 is 14.4 Å². The van der Waals surface area contributed by atoms with Crippen molar-refractivity contribution in [3.8, 4) is 56.4 Å². The Bertz CT molecular complexity index is 3310. The summed E-state index contributed by atoms with van der Waals surface area (Å²) in [5, 5.41) is 2.20. The van der Waals surface area contributed by atoms with Crippen molar-refractivity contribution in [2.45, 2.75) is 5.41 Å². The zero-order valence-corrected chi connectivity index (χ0v) is 31.7. The predicted octanol–water partition coefficient (Wildman–Crippen LogP) is 15.0. The maximum Gasteiger partial charge on any atom is 0.155 e. The SMILES string of the molecule is c1ccc(C2(c3ccccc3)c3ccccc3-c3c(-c4ccc5c(c4)Oc4cccc6c4N5c4ccc(-c5cccc7oc8ccccc8c57)cc4O6)cccc32)cc1. The van der Waals surface area contributed by atoms with E-state index in [0.29, 0.717) is 0 Å². The summed E-state index contributed by atoms with van der Waals surface area (Å²) < 4.78 is 19.8. The van der Waals surface area contributed by atoms with Crippen LogP contribution in [-0.4, -0.2) is 0 Å². The summed E-state index contributed by atoms with van der Waals surface area (Å²) in [5.41, 5.74) is 16.1. The Labute approximate surface area is 340 Å². The number of hydrogen-bond donors (Lipinski definition) is 0. The molecule has 0 spiro atoms. The molecule has 276 valence electrons. The Hall–Kier alpha value is -7.82. The highest BCUT2D eigenvalue weighted by molar-refractivity contribution is 6.12. The molecule has 1 aromatic heterocycles. The zero-order valence-electron chi connectivity index (χ0n) is 31.7. The number of para-hydroxylation sites is 2. The van der Waals surface area contributed by atoms with Crippen molar-refractivity contribution in [2.75, 3.05) is 4.90 Å². The standard InChI is InChI=1S/C55H33NO3/c1-3-14-36(15-4-1)55(37-16-5-2-6-17-37)42-22-9-7-18-40(42)52-38(20-11-23-43(52)55)34-28-30-44-50(32-34)58-48-26-13-27-49-54(48)56(44)45-31-29-35(33-51(45)59-49)39-21-12-25-47-53(39)41-19-8-10-24-46(41)57-47/h1-33H. The topological polar surface area (TPSA) is 34.8 Å². The van der Waals surface area contributed by atoms with E-state index in [1.54, 1.807) is 0 Å². The molecule has 59 heavy (non-hydrogen) atoms. The Morgan fingerprint density at radius 1 is 0.390 bits per heavy atom. The Morgan fingerprint density at radius 2 is 0.932 bits per heavy atom.